The highest BCUT2D eigenvalue weighted by Gasteiger charge is 2.20. The van der Waals surface area contributed by atoms with Gasteiger partial charge in [0.15, 0.2) is 5.65 Å². The van der Waals surface area contributed by atoms with E-state index in [1.807, 2.05) is 50.4 Å². The Morgan fingerprint density at radius 3 is 2.56 bits per heavy atom. The summed E-state index contributed by atoms with van der Waals surface area (Å²) in [5.41, 5.74) is 4.63. The SMILES string of the molecule is Cc1nn(C)c2nc(-c3ccccc3)cc(C(=O)Nc3cc(F)cc(N4CCCC4)c3)c12. The van der Waals surface area contributed by atoms with Crippen molar-refractivity contribution < 1.29 is 9.18 Å². The lowest BCUT2D eigenvalue weighted by Gasteiger charge is -2.19. The Hall–Kier alpha value is -3.74. The van der Waals surface area contributed by atoms with Gasteiger partial charge in [-0.2, -0.15) is 5.10 Å². The lowest BCUT2D eigenvalue weighted by Crippen LogP contribution is -2.19. The van der Waals surface area contributed by atoms with Crippen molar-refractivity contribution in [2.75, 3.05) is 23.3 Å². The highest BCUT2D eigenvalue weighted by molar-refractivity contribution is 6.13. The number of amides is 1. The standard InChI is InChI=1S/C25H24FN5O/c1-16-23-21(15-22(17-8-4-3-5-9-17)28-24(23)30(2)29-16)25(32)27-19-12-18(26)13-20(14-19)31-10-6-7-11-31/h3-5,8-9,12-15H,6-7,10-11H2,1-2H3,(H,27,32). The molecule has 0 aliphatic carbocycles. The maximum absolute atomic E-state index is 14.3. The molecule has 32 heavy (non-hydrogen) atoms. The van der Waals surface area contributed by atoms with E-state index in [1.54, 1.807) is 10.7 Å². The van der Waals surface area contributed by atoms with Gasteiger partial charge in [0.05, 0.1) is 22.3 Å². The molecule has 0 bridgehead atoms. The predicted octanol–water partition coefficient (Wildman–Crippen LogP) is 4.94. The lowest BCUT2D eigenvalue weighted by molar-refractivity contribution is 0.102. The molecule has 0 atom stereocenters. The molecule has 162 valence electrons. The van der Waals surface area contributed by atoms with E-state index in [0.717, 1.165) is 42.9 Å². The number of nitrogens with one attached hydrogen (secondary N) is 1. The monoisotopic (exact) mass is 429 g/mol. The van der Waals surface area contributed by atoms with E-state index in [9.17, 15) is 9.18 Å². The van der Waals surface area contributed by atoms with E-state index in [-0.39, 0.29) is 11.7 Å². The third-order valence-electron chi connectivity index (χ3n) is 5.89. The number of benzene rings is 2. The van der Waals surface area contributed by atoms with Crippen molar-refractivity contribution in [1.82, 2.24) is 14.8 Å². The van der Waals surface area contributed by atoms with Crippen LogP contribution in [0.25, 0.3) is 22.3 Å². The molecule has 3 heterocycles. The molecule has 2 aromatic carbocycles. The largest absolute Gasteiger partial charge is 0.371 e. The fourth-order valence-electron chi connectivity index (χ4n) is 4.38. The zero-order valence-corrected chi connectivity index (χ0v) is 18.1. The van der Waals surface area contributed by atoms with Crippen LogP contribution in [-0.4, -0.2) is 33.8 Å². The summed E-state index contributed by atoms with van der Waals surface area (Å²) < 4.78 is 16.0. The molecule has 6 nitrogen and oxygen atoms in total. The number of pyridine rings is 1. The average Bonchev–Trinajstić information content (AvgIpc) is 3.42. The maximum atomic E-state index is 14.3. The first-order chi connectivity index (χ1) is 15.5. The van der Waals surface area contributed by atoms with Crippen LogP contribution in [0.5, 0.6) is 0 Å². The lowest BCUT2D eigenvalue weighted by atomic mass is 10.0. The Balaban J connectivity index is 1.56. The van der Waals surface area contributed by atoms with E-state index in [2.05, 4.69) is 15.3 Å². The van der Waals surface area contributed by atoms with Gasteiger partial charge in [0.1, 0.15) is 5.82 Å². The second-order valence-corrected chi connectivity index (χ2v) is 8.18. The summed E-state index contributed by atoms with van der Waals surface area (Å²) in [6.07, 6.45) is 2.19. The van der Waals surface area contributed by atoms with Crippen LogP contribution in [0.15, 0.2) is 54.6 Å². The van der Waals surface area contributed by atoms with E-state index >= 15 is 0 Å². The molecule has 0 unspecified atom stereocenters. The average molecular weight is 429 g/mol. The number of carbonyl (C=O) groups excluding carboxylic acids is 1. The second-order valence-electron chi connectivity index (χ2n) is 8.18. The first kappa shape index (κ1) is 20.2. The van der Waals surface area contributed by atoms with Gasteiger partial charge in [-0.25, -0.2) is 9.37 Å². The van der Waals surface area contributed by atoms with Gasteiger partial charge < -0.3 is 10.2 Å². The molecule has 1 amide bonds. The number of rotatable bonds is 4. The number of hydrogen-bond acceptors (Lipinski definition) is 4. The molecule has 2 aromatic heterocycles. The zero-order chi connectivity index (χ0) is 22.2. The summed E-state index contributed by atoms with van der Waals surface area (Å²) in [4.78, 5) is 20.3. The van der Waals surface area contributed by atoms with Crippen molar-refractivity contribution in [1.29, 1.82) is 0 Å². The molecule has 1 aliphatic rings. The highest BCUT2D eigenvalue weighted by atomic mass is 19.1. The van der Waals surface area contributed by atoms with Crippen molar-refractivity contribution >= 4 is 28.3 Å². The minimum Gasteiger partial charge on any atom is -0.371 e. The molecule has 0 spiro atoms. The molecule has 4 aromatic rings. The fraction of sp³-hybridized carbons (Fsp3) is 0.240. The molecule has 1 saturated heterocycles. The molecule has 1 N–H and O–H groups in total. The summed E-state index contributed by atoms with van der Waals surface area (Å²) in [7, 11) is 1.81. The Morgan fingerprint density at radius 2 is 1.81 bits per heavy atom. The molecule has 1 aliphatic heterocycles. The Morgan fingerprint density at radius 1 is 1.06 bits per heavy atom. The molecular formula is C25H24FN5O. The third-order valence-corrected chi connectivity index (χ3v) is 5.89. The molecule has 5 rings (SSSR count). The molecule has 0 saturated carbocycles. The van der Waals surface area contributed by atoms with Gasteiger partial charge in [0.25, 0.3) is 5.91 Å². The number of aryl methyl sites for hydroxylation is 2. The van der Waals surface area contributed by atoms with Crippen LogP contribution in [-0.2, 0) is 7.05 Å². The fourth-order valence-corrected chi connectivity index (χ4v) is 4.38. The van der Waals surface area contributed by atoms with Crippen molar-refractivity contribution in [2.45, 2.75) is 19.8 Å². The van der Waals surface area contributed by atoms with E-state index in [0.29, 0.717) is 28.0 Å². The Bertz CT molecular complexity index is 1310. The smallest absolute Gasteiger partial charge is 0.256 e. The zero-order valence-electron chi connectivity index (χ0n) is 18.1. The summed E-state index contributed by atoms with van der Waals surface area (Å²) >= 11 is 0. The number of nitrogens with zero attached hydrogens (tertiary/aromatic N) is 4. The van der Waals surface area contributed by atoms with Crippen LogP contribution in [0.4, 0.5) is 15.8 Å². The van der Waals surface area contributed by atoms with Gasteiger partial charge in [0.2, 0.25) is 0 Å². The van der Waals surface area contributed by atoms with Gasteiger partial charge in [0, 0.05) is 37.1 Å². The van der Waals surface area contributed by atoms with Gasteiger partial charge >= 0.3 is 0 Å². The summed E-state index contributed by atoms with van der Waals surface area (Å²) in [5, 5.41) is 8.06. The van der Waals surface area contributed by atoms with Crippen LogP contribution >= 0.6 is 0 Å². The van der Waals surface area contributed by atoms with E-state index in [4.69, 9.17) is 4.98 Å². The van der Waals surface area contributed by atoms with E-state index < -0.39 is 0 Å². The number of anilines is 2. The summed E-state index contributed by atoms with van der Waals surface area (Å²) in [6, 6.07) is 16.2. The van der Waals surface area contributed by atoms with Crippen molar-refractivity contribution in [3.05, 3.63) is 71.7 Å². The van der Waals surface area contributed by atoms with Crippen LogP contribution < -0.4 is 10.2 Å². The van der Waals surface area contributed by atoms with Crippen LogP contribution in [0, 0.1) is 12.7 Å². The molecule has 0 radical (unpaired) electrons. The third kappa shape index (κ3) is 3.70. The number of fused-ring (bicyclic) bond motifs is 1. The number of carbonyl (C=O) groups is 1. The maximum Gasteiger partial charge on any atom is 0.256 e. The van der Waals surface area contributed by atoms with Crippen LogP contribution in [0.3, 0.4) is 0 Å². The minimum atomic E-state index is -0.368. The first-order valence-electron chi connectivity index (χ1n) is 10.8. The normalized spacial score (nSPS) is 13.7. The topological polar surface area (TPSA) is 63.1 Å². The highest BCUT2D eigenvalue weighted by Crippen LogP contribution is 2.29. The number of halogens is 1. The van der Waals surface area contributed by atoms with Gasteiger partial charge in [-0.1, -0.05) is 30.3 Å². The van der Waals surface area contributed by atoms with E-state index in [1.165, 1.54) is 12.1 Å². The van der Waals surface area contributed by atoms with Crippen LogP contribution in [0.2, 0.25) is 0 Å². The second kappa shape index (κ2) is 8.07. The molecule has 1 fully saturated rings. The Labute approximate surface area is 185 Å². The van der Waals surface area contributed by atoms with Gasteiger partial charge in [-0.15, -0.1) is 0 Å². The summed E-state index contributed by atoms with van der Waals surface area (Å²) in [6.45, 7) is 3.66. The molecular weight excluding hydrogens is 405 g/mol. The van der Waals surface area contributed by atoms with Crippen molar-refractivity contribution in [2.24, 2.45) is 7.05 Å². The summed E-state index contributed by atoms with van der Waals surface area (Å²) in [5.74, 6) is -0.684. The van der Waals surface area contributed by atoms with Crippen molar-refractivity contribution in [3.63, 3.8) is 0 Å². The van der Waals surface area contributed by atoms with Gasteiger partial charge in [-0.05, 0) is 44.0 Å². The van der Waals surface area contributed by atoms with Crippen molar-refractivity contribution in [3.8, 4) is 11.3 Å². The molecule has 7 heteroatoms. The number of aromatic nitrogens is 3. The predicted molar refractivity (Wildman–Crippen MR) is 124 cm³/mol. The Kier molecular flexibility index (Phi) is 5.09. The number of hydrogen-bond donors (Lipinski definition) is 1. The van der Waals surface area contributed by atoms with Gasteiger partial charge in [-0.3, -0.25) is 9.48 Å². The van der Waals surface area contributed by atoms with Crippen LogP contribution in [0.1, 0.15) is 28.9 Å². The quantitative estimate of drug-likeness (QED) is 0.499. The minimum absolute atomic E-state index is 0.316. The first-order valence-corrected chi connectivity index (χ1v) is 10.8.